The van der Waals surface area contributed by atoms with Gasteiger partial charge in [-0.05, 0) is 26.2 Å². The molecule has 14 heavy (non-hydrogen) atoms. The lowest BCUT2D eigenvalue weighted by molar-refractivity contribution is -0.0858. The van der Waals surface area contributed by atoms with E-state index >= 15 is 0 Å². The Morgan fingerprint density at radius 2 is 2.29 bits per heavy atom. The predicted molar refractivity (Wildman–Crippen MR) is 51.1 cm³/mol. The highest BCUT2D eigenvalue weighted by Crippen LogP contribution is 2.43. The van der Waals surface area contributed by atoms with Gasteiger partial charge >= 0.3 is 0 Å². The summed E-state index contributed by atoms with van der Waals surface area (Å²) in [6, 6.07) is 0. The number of hydrogen-bond donors (Lipinski definition) is 0. The van der Waals surface area contributed by atoms with Crippen molar-refractivity contribution in [2.45, 2.75) is 37.2 Å². The van der Waals surface area contributed by atoms with Crippen molar-refractivity contribution in [3.05, 3.63) is 11.7 Å². The monoisotopic (exact) mass is 216 g/mol. The molecule has 1 aliphatic rings. The largest absolute Gasteiger partial charge is 0.370 e. The van der Waals surface area contributed by atoms with Crippen LogP contribution >= 0.6 is 11.6 Å². The Hall–Kier alpha value is -0.610. The Kier molecular flexibility index (Phi) is 2.49. The molecule has 1 heterocycles. The van der Waals surface area contributed by atoms with Gasteiger partial charge < -0.3 is 9.26 Å². The second kappa shape index (κ2) is 3.51. The van der Waals surface area contributed by atoms with Gasteiger partial charge in [0.2, 0.25) is 11.7 Å². The van der Waals surface area contributed by atoms with Gasteiger partial charge in [-0.25, -0.2) is 0 Å². The van der Waals surface area contributed by atoms with Gasteiger partial charge in [-0.3, -0.25) is 0 Å². The molecule has 1 aromatic heterocycles. The Morgan fingerprint density at radius 3 is 2.64 bits per heavy atom. The van der Waals surface area contributed by atoms with E-state index in [4.69, 9.17) is 20.9 Å². The molecule has 0 radical (unpaired) electrons. The van der Waals surface area contributed by atoms with Gasteiger partial charge in [0.1, 0.15) is 11.0 Å². The summed E-state index contributed by atoms with van der Waals surface area (Å²) in [6.45, 7) is 1.80. The SMILES string of the molecule is COC1(c2noc(C(C)Cl)n2)CCC1. The molecule has 0 spiro atoms. The lowest BCUT2D eigenvalue weighted by Gasteiger charge is -2.37. The van der Waals surface area contributed by atoms with Gasteiger partial charge in [0.05, 0.1) is 0 Å². The summed E-state index contributed by atoms with van der Waals surface area (Å²) in [4.78, 5) is 4.24. The fourth-order valence-electron chi connectivity index (χ4n) is 1.60. The van der Waals surface area contributed by atoms with Crippen LogP contribution in [-0.2, 0) is 10.3 Å². The molecule has 1 unspecified atom stereocenters. The molecule has 4 nitrogen and oxygen atoms in total. The van der Waals surface area contributed by atoms with Crippen molar-refractivity contribution in [1.82, 2.24) is 10.1 Å². The van der Waals surface area contributed by atoms with Gasteiger partial charge in [-0.2, -0.15) is 4.98 Å². The van der Waals surface area contributed by atoms with E-state index in [0.717, 1.165) is 19.3 Å². The van der Waals surface area contributed by atoms with Crippen molar-refractivity contribution < 1.29 is 9.26 Å². The van der Waals surface area contributed by atoms with Crippen molar-refractivity contribution in [3.8, 4) is 0 Å². The van der Waals surface area contributed by atoms with E-state index in [1.165, 1.54) is 0 Å². The fraction of sp³-hybridized carbons (Fsp3) is 0.778. The van der Waals surface area contributed by atoms with Crippen LogP contribution in [0.3, 0.4) is 0 Å². The number of aromatic nitrogens is 2. The molecule has 1 aliphatic carbocycles. The zero-order chi connectivity index (χ0) is 10.2. The standard InChI is InChI=1S/C9H13ClN2O2/c1-6(10)7-11-8(12-14-7)9(13-2)4-3-5-9/h6H,3-5H2,1-2H3. The third kappa shape index (κ3) is 1.42. The number of ether oxygens (including phenoxy) is 1. The van der Waals surface area contributed by atoms with E-state index in [1.807, 2.05) is 0 Å². The first-order valence-corrected chi connectivity index (χ1v) is 5.15. The molecule has 1 atom stereocenters. The molecule has 2 rings (SSSR count). The maximum absolute atomic E-state index is 5.83. The Labute approximate surface area is 87.6 Å². The van der Waals surface area contributed by atoms with Crippen LogP contribution in [-0.4, -0.2) is 17.3 Å². The van der Waals surface area contributed by atoms with Gasteiger partial charge in [0.25, 0.3) is 0 Å². The van der Waals surface area contributed by atoms with E-state index in [2.05, 4.69) is 10.1 Å². The quantitative estimate of drug-likeness (QED) is 0.728. The number of rotatable bonds is 3. The minimum absolute atomic E-state index is 0.245. The summed E-state index contributed by atoms with van der Waals surface area (Å²) in [5, 5.41) is 3.66. The first-order valence-electron chi connectivity index (χ1n) is 4.71. The normalized spacial score (nSPS) is 21.6. The zero-order valence-electron chi connectivity index (χ0n) is 8.29. The van der Waals surface area contributed by atoms with Crippen molar-refractivity contribution in [2.24, 2.45) is 0 Å². The van der Waals surface area contributed by atoms with Gasteiger partial charge in [0.15, 0.2) is 0 Å². The van der Waals surface area contributed by atoms with Gasteiger partial charge in [-0.15, -0.1) is 11.6 Å². The highest BCUT2D eigenvalue weighted by atomic mass is 35.5. The van der Waals surface area contributed by atoms with Crippen molar-refractivity contribution in [2.75, 3.05) is 7.11 Å². The van der Waals surface area contributed by atoms with E-state index in [1.54, 1.807) is 14.0 Å². The van der Waals surface area contributed by atoms with Crippen LogP contribution in [0, 0.1) is 0 Å². The van der Waals surface area contributed by atoms with Crippen LogP contribution in [0.25, 0.3) is 0 Å². The van der Waals surface area contributed by atoms with Crippen LogP contribution in [0.1, 0.15) is 43.3 Å². The van der Waals surface area contributed by atoms with Gasteiger partial charge in [-0.1, -0.05) is 5.16 Å². The average molecular weight is 217 g/mol. The summed E-state index contributed by atoms with van der Waals surface area (Å²) in [6.07, 6.45) is 3.06. The minimum atomic E-state index is -0.312. The lowest BCUT2D eigenvalue weighted by atomic mass is 9.79. The molecule has 0 bridgehead atoms. The smallest absolute Gasteiger partial charge is 0.244 e. The summed E-state index contributed by atoms with van der Waals surface area (Å²) < 4.78 is 10.5. The Balaban J connectivity index is 2.23. The van der Waals surface area contributed by atoms with E-state index in [0.29, 0.717) is 11.7 Å². The van der Waals surface area contributed by atoms with Crippen LogP contribution in [0.4, 0.5) is 0 Å². The molecule has 0 amide bonds. The Bertz CT molecular complexity index is 315. The maximum Gasteiger partial charge on any atom is 0.244 e. The third-order valence-electron chi connectivity index (χ3n) is 2.74. The second-order valence-electron chi connectivity index (χ2n) is 3.62. The molecular formula is C9H13ClN2O2. The van der Waals surface area contributed by atoms with Crippen LogP contribution in [0.5, 0.6) is 0 Å². The molecule has 5 heteroatoms. The molecule has 0 N–H and O–H groups in total. The molecule has 0 saturated heterocycles. The number of hydrogen-bond acceptors (Lipinski definition) is 4. The first-order chi connectivity index (χ1) is 6.68. The van der Waals surface area contributed by atoms with Crippen molar-refractivity contribution in [3.63, 3.8) is 0 Å². The summed E-state index contributed by atoms with van der Waals surface area (Å²) >= 11 is 5.83. The predicted octanol–water partition coefficient (Wildman–Crippen LogP) is 2.40. The number of halogens is 1. The highest BCUT2D eigenvalue weighted by molar-refractivity contribution is 6.20. The molecule has 0 aromatic carbocycles. The zero-order valence-corrected chi connectivity index (χ0v) is 9.04. The second-order valence-corrected chi connectivity index (χ2v) is 4.28. The number of nitrogens with zero attached hydrogens (tertiary/aromatic N) is 2. The van der Waals surface area contributed by atoms with Gasteiger partial charge in [0, 0.05) is 7.11 Å². The maximum atomic E-state index is 5.83. The summed E-state index contributed by atoms with van der Waals surface area (Å²) in [5.41, 5.74) is -0.312. The van der Waals surface area contributed by atoms with Crippen LogP contribution in [0.15, 0.2) is 4.52 Å². The average Bonchev–Trinajstić information content (AvgIpc) is 2.52. The van der Waals surface area contributed by atoms with Crippen molar-refractivity contribution in [1.29, 1.82) is 0 Å². The molecule has 0 aliphatic heterocycles. The lowest BCUT2D eigenvalue weighted by Crippen LogP contribution is -2.37. The first kappa shape index (κ1) is 9.93. The van der Waals surface area contributed by atoms with E-state index in [-0.39, 0.29) is 11.0 Å². The minimum Gasteiger partial charge on any atom is -0.370 e. The number of methoxy groups -OCH3 is 1. The fourth-order valence-corrected chi connectivity index (χ4v) is 1.69. The third-order valence-corrected chi connectivity index (χ3v) is 2.93. The Morgan fingerprint density at radius 1 is 1.57 bits per heavy atom. The topological polar surface area (TPSA) is 48.2 Å². The van der Waals surface area contributed by atoms with E-state index in [9.17, 15) is 0 Å². The van der Waals surface area contributed by atoms with Crippen LogP contribution in [0.2, 0.25) is 0 Å². The molecule has 1 aromatic rings. The van der Waals surface area contributed by atoms with E-state index < -0.39 is 0 Å². The van der Waals surface area contributed by atoms with Crippen LogP contribution < -0.4 is 0 Å². The summed E-state index contributed by atoms with van der Waals surface area (Å²) in [5.74, 6) is 1.10. The molecular weight excluding hydrogens is 204 g/mol. The molecule has 1 saturated carbocycles. The van der Waals surface area contributed by atoms with Crippen molar-refractivity contribution >= 4 is 11.6 Å². The molecule has 1 fully saturated rings. The number of alkyl halides is 1. The molecule has 78 valence electrons. The highest BCUT2D eigenvalue weighted by Gasteiger charge is 2.43. The summed E-state index contributed by atoms with van der Waals surface area (Å²) in [7, 11) is 1.68.